The minimum Gasteiger partial charge on any atom is -0.494 e. The van der Waals surface area contributed by atoms with Crippen LogP contribution in [0.5, 0.6) is 5.75 Å². The van der Waals surface area contributed by atoms with Crippen LogP contribution in [0.4, 0.5) is 5.69 Å². The molecule has 0 aliphatic heterocycles. The van der Waals surface area contributed by atoms with Gasteiger partial charge in [-0.3, -0.25) is 9.10 Å². The largest absolute Gasteiger partial charge is 0.494 e. The summed E-state index contributed by atoms with van der Waals surface area (Å²) in [5.41, 5.74) is 0.712. The van der Waals surface area contributed by atoms with Gasteiger partial charge >= 0.3 is 5.97 Å². The van der Waals surface area contributed by atoms with Crippen molar-refractivity contribution in [3.63, 3.8) is 0 Å². The zero-order valence-corrected chi connectivity index (χ0v) is 15.3. The number of sulfonamides is 1. The second kappa shape index (κ2) is 7.76. The van der Waals surface area contributed by atoms with Gasteiger partial charge in [-0.2, -0.15) is 0 Å². The van der Waals surface area contributed by atoms with Crippen LogP contribution in [-0.2, 0) is 14.8 Å². The summed E-state index contributed by atoms with van der Waals surface area (Å²) in [6.07, 6.45) is 0. The summed E-state index contributed by atoms with van der Waals surface area (Å²) in [5, 5.41) is 9.53. The van der Waals surface area contributed by atoms with Crippen molar-refractivity contribution in [3.8, 4) is 5.75 Å². The average molecular weight is 384 g/mol. The molecule has 2 rings (SSSR count). The molecule has 1 N–H and O–H groups in total. The number of hydrogen-bond donors (Lipinski definition) is 1. The van der Waals surface area contributed by atoms with Gasteiger partial charge in [0.25, 0.3) is 10.0 Å². The third kappa shape index (κ3) is 4.24. The second-order valence-corrected chi connectivity index (χ2v) is 7.46. The molecule has 134 valence electrons. The molecule has 0 fully saturated rings. The fraction of sp³-hybridized carbons (Fsp3) is 0.235. The predicted molar refractivity (Wildman–Crippen MR) is 96.0 cm³/mol. The van der Waals surface area contributed by atoms with Crippen LogP contribution in [0.15, 0.2) is 47.4 Å². The van der Waals surface area contributed by atoms with Crippen LogP contribution in [0.3, 0.4) is 0 Å². The van der Waals surface area contributed by atoms with E-state index in [0.717, 1.165) is 4.31 Å². The number of carboxylic acids is 1. The van der Waals surface area contributed by atoms with Crippen molar-refractivity contribution in [2.24, 2.45) is 0 Å². The summed E-state index contributed by atoms with van der Waals surface area (Å²) in [7, 11) is -4.08. The van der Waals surface area contributed by atoms with Crippen LogP contribution < -0.4 is 9.04 Å². The van der Waals surface area contributed by atoms with Gasteiger partial charge < -0.3 is 9.84 Å². The molecule has 0 atom stereocenters. The molecule has 0 aliphatic carbocycles. The fourth-order valence-electron chi connectivity index (χ4n) is 2.29. The number of ether oxygens (including phenoxy) is 1. The van der Waals surface area contributed by atoms with Gasteiger partial charge in [0.15, 0.2) is 0 Å². The van der Waals surface area contributed by atoms with Crippen LogP contribution >= 0.6 is 11.6 Å². The number of anilines is 1. The van der Waals surface area contributed by atoms with Gasteiger partial charge in [-0.1, -0.05) is 17.7 Å². The number of carboxylic acid groups (broad SMARTS) is 1. The van der Waals surface area contributed by atoms with E-state index in [-0.39, 0.29) is 10.6 Å². The highest BCUT2D eigenvalue weighted by Gasteiger charge is 2.28. The zero-order valence-electron chi connectivity index (χ0n) is 13.8. The van der Waals surface area contributed by atoms with Crippen molar-refractivity contribution in [1.29, 1.82) is 0 Å². The first-order chi connectivity index (χ1) is 11.8. The molecule has 25 heavy (non-hydrogen) atoms. The lowest BCUT2D eigenvalue weighted by molar-refractivity contribution is -0.135. The highest BCUT2D eigenvalue weighted by atomic mass is 35.5. The molecule has 0 aromatic heterocycles. The molecule has 8 heteroatoms. The van der Waals surface area contributed by atoms with Crippen molar-refractivity contribution in [2.45, 2.75) is 18.7 Å². The number of rotatable bonds is 7. The first-order valence-corrected chi connectivity index (χ1v) is 9.31. The number of nitrogens with zero attached hydrogens (tertiary/aromatic N) is 1. The van der Waals surface area contributed by atoms with Crippen LogP contribution in [0.25, 0.3) is 0 Å². The molecule has 0 radical (unpaired) electrons. The Bertz CT molecular complexity index is 865. The molecule has 2 aromatic carbocycles. The number of benzene rings is 2. The van der Waals surface area contributed by atoms with Gasteiger partial charge in [0.2, 0.25) is 0 Å². The van der Waals surface area contributed by atoms with E-state index in [0.29, 0.717) is 22.9 Å². The molecule has 6 nitrogen and oxygen atoms in total. The minimum atomic E-state index is -4.08. The number of aliphatic carboxylic acids is 1. The van der Waals surface area contributed by atoms with Crippen molar-refractivity contribution in [3.05, 3.63) is 53.1 Å². The van der Waals surface area contributed by atoms with E-state index >= 15 is 0 Å². The normalized spacial score (nSPS) is 11.2. The second-order valence-electron chi connectivity index (χ2n) is 5.19. The van der Waals surface area contributed by atoms with E-state index in [1.165, 1.54) is 30.3 Å². The summed E-state index contributed by atoms with van der Waals surface area (Å²) in [5.74, 6) is -0.737. The van der Waals surface area contributed by atoms with Crippen LogP contribution in [0, 0.1) is 6.92 Å². The van der Waals surface area contributed by atoms with E-state index in [2.05, 4.69) is 0 Å². The fourth-order valence-corrected chi connectivity index (χ4v) is 3.93. The van der Waals surface area contributed by atoms with Crippen molar-refractivity contribution < 1.29 is 23.1 Å². The Kier molecular flexibility index (Phi) is 5.92. The first kappa shape index (κ1) is 19.1. The molecule has 0 amide bonds. The molecule has 2 aromatic rings. The standard InChI is InChI=1S/C17H18ClNO5S/c1-3-24-13-7-9-14(10-8-13)25(22,23)19(11-17(20)21)16-6-4-5-15(18)12(16)2/h4-10H,3,11H2,1-2H3,(H,20,21). The van der Waals surface area contributed by atoms with Crippen LogP contribution in [0.2, 0.25) is 5.02 Å². The Morgan fingerprint density at radius 2 is 1.84 bits per heavy atom. The maximum Gasteiger partial charge on any atom is 0.324 e. The van der Waals surface area contributed by atoms with E-state index in [1.807, 2.05) is 6.92 Å². The monoisotopic (exact) mass is 383 g/mol. The maximum absolute atomic E-state index is 13.0. The first-order valence-electron chi connectivity index (χ1n) is 7.50. The van der Waals surface area contributed by atoms with Gasteiger partial charge in [-0.25, -0.2) is 8.42 Å². The van der Waals surface area contributed by atoms with E-state index in [9.17, 15) is 18.3 Å². The third-order valence-corrected chi connectivity index (χ3v) is 5.69. The van der Waals surface area contributed by atoms with Crippen molar-refractivity contribution in [2.75, 3.05) is 17.5 Å². The maximum atomic E-state index is 13.0. The van der Waals surface area contributed by atoms with Gasteiger partial charge in [0.05, 0.1) is 17.2 Å². The van der Waals surface area contributed by atoms with Crippen molar-refractivity contribution >= 4 is 33.3 Å². The number of halogens is 1. The lowest BCUT2D eigenvalue weighted by Gasteiger charge is -2.24. The highest BCUT2D eigenvalue weighted by molar-refractivity contribution is 7.92. The van der Waals surface area contributed by atoms with Gasteiger partial charge in [0.1, 0.15) is 12.3 Å². The van der Waals surface area contributed by atoms with Crippen molar-refractivity contribution in [1.82, 2.24) is 0 Å². The third-order valence-electron chi connectivity index (χ3n) is 3.51. The number of carbonyl (C=O) groups is 1. The summed E-state index contributed by atoms with van der Waals surface area (Å²) in [4.78, 5) is 11.2. The Morgan fingerprint density at radius 3 is 2.40 bits per heavy atom. The quantitative estimate of drug-likeness (QED) is 0.792. The van der Waals surface area contributed by atoms with Crippen LogP contribution in [-0.4, -0.2) is 32.6 Å². The molecular weight excluding hydrogens is 366 g/mol. The van der Waals surface area contributed by atoms with E-state index in [4.69, 9.17) is 16.3 Å². The zero-order chi connectivity index (χ0) is 18.6. The highest BCUT2D eigenvalue weighted by Crippen LogP contribution is 2.31. The lowest BCUT2D eigenvalue weighted by Crippen LogP contribution is -2.36. The molecule has 0 heterocycles. The average Bonchev–Trinajstić information content (AvgIpc) is 2.56. The minimum absolute atomic E-state index is 0.0309. The molecule has 0 spiro atoms. The van der Waals surface area contributed by atoms with Gasteiger partial charge in [-0.15, -0.1) is 0 Å². The molecular formula is C17H18ClNO5S. The van der Waals surface area contributed by atoms with Crippen LogP contribution in [0.1, 0.15) is 12.5 Å². The van der Waals surface area contributed by atoms with E-state index in [1.54, 1.807) is 19.1 Å². The molecule has 0 aliphatic rings. The van der Waals surface area contributed by atoms with E-state index < -0.39 is 22.5 Å². The molecule has 0 saturated heterocycles. The molecule has 0 saturated carbocycles. The summed E-state index contributed by atoms with van der Waals surface area (Å²) < 4.78 is 32.1. The van der Waals surface area contributed by atoms with Gasteiger partial charge in [-0.05, 0) is 55.8 Å². The predicted octanol–water partition coefficient (Wildman–Crippen LogP) is 3.33. The topological polar surface area (TPSA) is 83.9 Å². The summed E-state index contributed by atoms with van der Waals surface area (Å²) >= 11 is 6.06. The SMILES string of the molecule is CCOc1ccc(S(=O)(=O)N(CC(=O)O)c2cccc(Cl)c2C)cc1. The number of hydrogen-bond acceptors (Lipinski definition) is 4. The Balaban J connectivity index is 2.52. The smallest absolute Gasteiger partial charge is 0.324 e. The molecule has 0 bridgehead atoms. The Morgan fingerprint density at radius 1 is 1.20 bits per heavy atom. The molecule has 0 unspecified atom stereocenters. The Hall–Kier alpha value is -2.25. The Labute approximate surface area is 151 Å². The summed E-state index contributed by atoms with van der Waals surface area (Å²) in [6.45, 7) is 3.21. The summed E-state index contributed by atoms with van der Waals surface area (Å²) in [6, 6.07) is 10.5. The lowest BCUT2D eigenvalue weighted by atomic mass is 10.2. The van der Waals surface area contributed by atoms with Gasteiger partial charge in [0, 0.05) is 5.02 Å².